The summed E-state index contributed by atoms with van der Waals surface area (Å²) in [4.78, 5) is 2.67. The summed E-state index contributed by atoms with van der Waals surface area (Å²) in [6.07, 6.45) is 16.2. The molecule has 1 aliphatic rings. The zero-order valence-electron chi connectivity index (χ0n) is 19.0. The van der Waals surface area contributed by atoms with Crippen LogP contribution in [0.1, 0.15) is 105 Å². The maximum absolute atomic E-state index is 5.98. The number of hydrogen-bond acceptors (Lipinski definition) is 3. The van der Waals surface area contributed by atoms with E-state index in [4.69, 9.17) is 9.47 Å². The highest BCUT2D eigenvalue weighted by Gasteiger charge is 2.23. The van der Waals surface area contributed by atoms with Gasteiger partial charge in [-0.2, -0.15) is 0 Å². The van der Waals surface area contributed by atoms with Crippen LogP contribution in [0.25, 0.3) is 0 Å². The average molecular weight is 384 g/mol. The summed E-state index contributed by atoms with van der Waals surface area (Å²) in [6.45, 7) is 14.2. The molecule has 1 aliphatic heterocycles. The van der Waals surface area contributed by atoms with Gasteiger partial charge in [0.25, 0.3) is 0 Å². The van der Waals surface area contributed by atoms with E-state index in [-0.39, 0.29) is 6.29 Å². The van der Waals surface area contributed by atoms with E-state index in [0.717, 1.165) is 19.1 Å². The molecular weight excluding hydrogens is 334 g/mol. The van der Waals surface area contributed by atoms with E-state index < -0.39 is 0 Å². The lowest BCUT2D eigenvalue weighted by Gasteiger charge is -2.31. The lowest BCUT2D eigenvalue weighted by atomic mass is 9.94. The van der Waals surface area contributed by atoms with Crippen LogP contribution in [-0.2, 0) is 9.47 Å². The third-order valence-corrected chi connectivity index (χ3v) is 6.15. The molecule has 0 N–H and O–H groups in total. The predicted octanol–water partition coefficient (Wildman–Crippen LogP) is 6.65. The van der Waals surface area contributed by atoms with E-state index in [0.29, 0.717) is 5.92 Å². The average Bonchev–Trinajstić information content (AvgIpc) is 2.67. The van der Waals surface area contributed by atoms with Gasteiger partial charge in [0.05, 0.1) is 0 Å². The van der Waals surface area contributed by atoms with Gasteiger partial charge in [-0.05, 0) is 71.5 Å². The Balaban J connectivity index is 2.32. The van der Waals surface area contributed by atoms with E-state index in [1.54, 1.807) is 0 Å². The lowest BCUT2D eigenvalue weighted by molar-refractivity contribution is -0.170. The number of likely N-dealkylation sites (tertiary alicyclic amines) is 1. The summed E-state index contributed by atoms with van der Waals surface area (Å²) in [6, 6.07) is 0. The molecule has 3 nitrogen and oxygen atoms in total. The highest BCUT2D eigenvalue weighted by Crippen LogP contribution is 2.24. The first-order chi connectivity index (χ1) is 13.2. The topological polar surface area (TPSA) is 21.7 Å². The van der Waals surface area contributed by atoms with Crippen LogP contribution in [0.3, 0.4) is 0 Å². The van der Waals surface area contributed by atoms with Gasteiger partial charge in [0.2, 0.25) is 0 Å². The van der Waals surface area contributed by atoms with Crippen LogP contribution in [-0.4, -0.2) is 44.0 Å². The van der Waals surface area contributed by atoms with Crippen LogP contribution in [0.2, 0.25) is 0 Å². The zero-order chi connectivity index (χ0) is 19.7. The van der Waals surface area contributed by atoms with E-state index >= 15 is 0 Å². The fourth-order valence-corrected chi connectivity index (χ4v) is 4.29. The van der Waals surface area contributed by atoms with Gasteiger partial charge in [-0.3, -0.25) is 0 Å². The second kappa shape index (κ2) is 16.8. The standard InChI is InChI=1S/C24H49NO2/c1-5-8-9-10-11-12-13-15-23(24(26-6-2)27-7-3)16-14-19-25-20-17-22(4)18-21-25/h22-24H,5-21H2,1-4H3. The minimum absolute atomic E-state index is 0.00136. The van der Waals surface area contributed by atoms with Crippen molar-refractivity contribution in [3.8, 4) is 0 Å². The van der Waals surface area contributed by atoms with E-state index in [9.17, 15) is 0 Å². The normalized spacial score (nSPS) is 17.7. The molecule has 0 aromatic heterocycles. The number of ether oxygens (including phenoxy) is 2. The van der Waals surface area contributed by atoms with Gasteiger partial charge in [-0.25, -0.2) is 0 Å². The smallest absolute Gasteiger partial charge is 0.160 e. The monoisotopic (exact) mass is 383 g/mol. The first-order valence-electron chi connectivity index (χ1n) is 12.2. The Morgan fingerprint density at radius 1 is 0.778 bits per heavy atom. The molecular formula is C24H49NO2. The number of hydrogen-bond donors (Lipinski definition) is 0. The summed E-state index contributed by atoms with van der Waals surface area (Å²) in [7, 11) is 0. The summed E-state index contributed by atoms with van der Waals surface area (Å²) in [5, 5.41) is 0. The van der Waals surface area contributed by atoms with E-state index in [1.165, 1.54) is 96.7 Å². The van der Waals surface area contributed by atoms with Gasteiger partial charge in [0, 0.05) is 19.1 Å². The summed E-state index contributed by atoms with van der Waals surface area (Å²) in [5.74, 6) is 1.48. The van der Waals surface area contributed by atoms with Crippen molar-refractivity contribution in [2.45, 2.75) is 111 Å². The predicted molar refractivity (Wildman–Crippen MR) is 117 cm³/mol. The second-order valence-electron chi connectivity index (χ2n) is 8.62. The fraction of sp³-hybridized carbons (Fsp3) is 1.00. The molecule has 0 spiro atoms. The Hall–Kier alpha value is -0.120. The SMILES string of the molecule is CCCCCCCCCC(CCCN1CCC(C)CC1)C(OCC)OCC. The maximum Gasteiger partial charge on any atom is 0.160 e. The molecule has 0 aromatic rings. The zero-order valence-corrected chi connectivity index (χ0v) is 19.0. The van der Waals surface area contributed by atoms with Gasteiger partial charge in [0.1, 0.15) is 0 Å². The number of rotatable bonds is 17. The first kappa shape index (κ1) is 24.9. The molecule has 0 bridgehead atoms. The quantitative estimate of drug-likeness (QED) is 0.207. The van der Waals surface area contributed by atoms with Crippen LogP contribution in [0.4, 0.5) is 0 Å². The van der Waals surface area contributed by atoms with Crippen LogP contribution in [0.5, 0.6) is 0 Å². The molecule has 0 radical (unpaired) electrons. The summed E-state index contributed by atoms with van der Waals surface area (Å²) in [5.41, 5.74) is 0. The molecule has 0 amide bonds. The highest BCUT2D eigenvalue weighted by molar-refractivity contribution is 4.71. The molecule has 0 aliphatic carbocycles. The Morgan fingerprint density at radius 2 is 1.33 bits per heavy atom. The Bertz CT molecular complexity index is 310. The molecule has 1 saturated heterocycles. The Morgan fingerprint density at radius 3 is 1.93 bits per heavy atom. The Labute approximate surface area is 170 Å². The van der Waals surface area contributed by atoms with Crippen molar-refractivity contribution < 1.29 is 9.47 Å². The minimum atomic E-state index is 0.00136. The molecule has 3 heteroatoms. The largest absolute Gasteiger partial charge is 0.353 e. The lowest BCUT2D eigenvalue weighted by Crippen LogP contribution is -2.34. The molecule has 1 rings (SSSR count). The number of unbranched alkanes of at least 4 members (excludes halogenated alkanes) is 6. The van der Waals surface area contributed by atoms with Crippen molar-refractivity contribution in [2.24, 2.45) is 11.8 Å². The van der Waals surface area contributed by atoms with E-state index in [1.807, 2.05) is 0 Å². The third kappa shape index (κ3) is 12.1. The van der Waals surface area contributed by atoms with Gasteiger partial charge in [-0.1, -0.05) is 58.8 Å². The molecule has 1 unspecified atom stereocenters. The number of piperidine rings is 1. The minimum Gasteiger partial charge on any atom is -0.353 e. The van der Waals surface area contributed by atoms with Crippen molar-refractivity contribution in [1.82, 2.24) is 4.90 Å². The molecule has 1 atom stereocenters. The van der Waals surface area contributed by atoms with Crippen molar-refractivity contribution in [1.29, 1.82) is 0 Å². The van der Waals surface area contributed by atoms with Gasteiger partial charge < -0.3 is 14.4 Å². The van der Waals surface area contributed by atoms with Gasteiger partial charge in [0.15, 0.2) is 6.29 Å². The maximum atomic E-state index is 5.98. The third-order valence-electron chi connectivity index (χ3n) is 6.15. The van der Waals surface area contributed by atoms with Crippen LogP contribution in [0, 0.1) is 11.8 Å². The molecule has 27 heavy (non-hydrogen) atoms. The number of nitrogens with zero attached hydrogens (tertiary/aromatic N) is 1. The summed E-state index contributed by atoms with van der Waals surface area (Å²) >= 11 is 0. The highest BCUT2D eigenvalue weighted by atomic mass is 16.7. The molecule has 0 aromatic carbocycles. The Kier molecular flexibility index (Phi) is 15.5. The van der Waals surface area contributed by atoms with Gasteiger partial charge >= 0.3 is 0 Å². The van der Waals surface area contributed by atoms with Crippen molar-refractivity contribution in [3.05, 3.63) is 0 Å². The first-order valence-corrected chi connectivity index (χ1v) is 12.2. The molecule has 1 heterocycles. The van der Waals surface area contributed by atoms with Crippen LogP contribution < -0.4 is 0 Å². The summed E-state index contributed by atoms with van der Waals surface area (Å²) < 4.78 is 12.0. The fourth-order valence-electron chi connectivity index (χ4n) is 4.29. The van der Waals surface area contributed by atoms with E-state index in [2.05, 4.69) is 32.6 Å². The molecule has 1 fully saturated rings. The van der Waals surface area contributed by atoms with Crippen molar-refractivity contribution >= 4 is 0 Å². The van der Waals surface area contributed by atoms with Crippen molar-refractivity contribution in [3.63, 3.8) is 0 Å². The van der Waals surface area contributed by atoms with Crippen molar-refractivity contribution in [2.75, 3.05) is 32.8 Å². The molecule has 0 saturated carbocycles. The van der Waals surface area contributed by atoms with Crippen LogP contribution in [0.15, 0.2) is 0 Å². The van der Waals surface area contributed by atoms with Gasteiger partial charge in [-0.15, -0.1) is 0 Å². The second-order valence-corrected chi connectivity index (χ2v) is 8.62. The van der Waals surface area contributed by atoms with Crippen LogP contribution >= 0.6 is 0 Å². The molecule has 162 valence electrons.